The number of amides is 2. The van der Waals surface area contributed by atoms with E-state index in [4.69, 9.17) is 10.00 Å². The molecule has 186 valence electrons. The van der Waals surface area contributed by atoms with Crippen LogP contribution in [-0.2, 0) is 25.7 Å². The topological polar surface area (TPSA) is 95.6 Å². The van der Waals surface area contributed by atoms with E-state index >= 15 is 0 Å². The van der Waals surface area contributed by atoms with Gasteiger partial charge in [0.25, 0.3) is 0 Å². The maximum Gasteiger partial charge on any atom is 0.306 e. The van der Waals surface area contributed by atoms with Crippen LogP contribution in [0.5, 0.6) is 0 Å². The molecule has 3 saturated heterocycles. The van der Waals surface area contributed by atoms with Crippen molar-refractivity contribution < 1.29 is 19.1 Å². The molecule has 3 aliphatic heterocycles. The van der Waals surface area contributed by atoms with Gasteiger partial charge in [0, 0.05) is 71.8 Å². The number of ether oxygens (including phenoxy) is 1. The highest BCUT2D eigenvalue weighted by molar-refractivity contribution is 5.78. The number of cyclic esters (lactones) is 1. The molecular formula is C25H42N4O4. The molecule has 0 radical (unpaired) electrons. The average Bonchev–Trinajstić information content (AvgIpc) is 3.58. The largest absolute Gasteiger partial charge is 0.463 e. The lowest BCUT2D eigenvalue weighted by Gasteiger charge is -2.10. The first kappa shape index (κ1) is 30.2. The molecule has 1 aromatic rings. The van der Waals surface area contributed by atoms with Crippen molar-refractivity contribution in [1.29, 1.82) is 5.26 Å². The van der Waals surface area contributed by atoms with Gasteiger partial charge in [-0.25, -0.2) is 0 Å². The van der Waals surface area contributed by atoms with E-state index in [1.165, 1.54) is 13.3 Å². The number of nitrogens with zero attached hydrogens (tertiary/aromatic N) is 4. The number of hydrogen-bond donors (Lipinski definition) is 0. The molecule has 4 heterocycles. The highest BCUT2D eigenvalue weighted by Gasteiger charge is 2.18. The number of carbonyl (C=O) groups is 3. The second-order valence-corrected chi connectivity index (χ2v) is 7.98. The minimum atomic E-state index is -0.0486. The van der Waals surface area contributed by atoms with E-state index in [9.17, 15) is 14.4 Å². The molecule has 4 rings (SSSR count). The Morgan fingerprint density at radius 2 is 1.61 bits per heavy atom. The summed E-state index contributed by atoms with van der Waals surface area (Å²) in [6.07, 6.45) is 10.7. The molecule has 1 atom stereocenters. The zero-order valence-corrected chi connectivity index (χ0v) is 21.1. The van der Waals surface area contributed by atoms with Gasteiger partial charge in [0.1, 0.15) is 0 Å². The van der Waals surface area contributed by atoms with Crippen LogP contribution in [0.25, 0.3) is 0 Å². The van der Waals surface area contributed by atoms with Crippen molar-refractivity contribution in [1.82, 2.24) is 14.4 Å². The van der Waals surface area contributed by atoms with Gasteiger partial charge in [0.05, 0.1) is 12.2 Å². The Bertz CT molecular complexity index is 712. The normalized spacial score (nSPS) is 18.4. The minimum absolute atomic E-state index is 0.0486. The van der Waals surface area contributed by atoms with Gasteiger partial charge in [-0.1, -0.05) is 6.92 Å². The lowest BCUT2D eigenvalue weighted by Crippen LogP contribution is -2.23. The maximum atomic E-state index is 10.7. The predicted octanol–water partition coefficient (Wildman–Crippen LogP) is 4.01. The second-order valence-electron chi connectivity index (χ2n) is 7.98. The summed E-state index contributed by atoms with van der Waals surface area (Å²) in [7, 11) is 1.84. The number of carbonyl (C=O) groups excluding carboxylic acids is 3. The van der Waals surface area contributed by atoms with Crippen molar-refractivity contribution in [2.24, 2.45) is 0 Å². The second kappa shape index (κ2) is 18.7. The molecule has 0 N–H and O–H groups in total. The lowest BCUT2D eigenvalue weighted by molar-refractivity contribution is -0.140. The molecular weight excluding hydrogens is 420 g/mol. The third-order valence-corrected chi connectivity index (χ3v) is 5.10. The van der Waals surface area contributed by atoms with Crippen LogP contribution < -0.4 is 0 Å². The summed E-state index contributed by atoms with van der Waals surface area (Å²) in [6, 6.07) is 5.85. The van der Waals surface area contributed by atoms with Crippen molar-refractivity contribution >= 4 is 17.8 Å². The summed E-state index contributed by atoms with van der Waals surface area (Å²) in [5.74, 6) is 0.569. The molecule has 8 heteroatoms. The molecule has 3 fully saturated rings. The van der Waals surface area contributed by atoms with Crippen LogP contribution in [0.3, 0.4) is 0 Å². The first-order valence-electron chi connectivity index (χ1n) is 11.9. The Morgan fingerprint density at radius 1 is 1.03 bits per heavy atom. The molecule has 1 unspecified atom stereocenters. The molecule has 0 bridgehead atoms. The van der Waals surface area contributed by atoms with Crippen LogP contribution in [0.2, 0.25) is 0 Å². The zero-order chi connectivity index (χ0) is 25.1. The zero-order valence-electron chi connectivity index (χ0n) is 21.1. The maximum absolute atomic E-state index is 10.7. The summed E-state index contributed by atoms with van der Waals surface area (Å²) in [6.45, 7) is 11.5. The monoisotopic (exact) mass is 462 g/mol. The van der Waals surface area contributed by atoms with Crippen molar-refractivity contribution in [3.05, 3.63) is 24.5 Å². The fourth-order valence-electron chi connectivity index (χ4n) is 3.26. The van der Waals surface area contributed by atoms with Crippen molar-refractivity contribution in [2.45, 2.75) is 85.3 Å². The molecule has 0 aromatic carbocycles. The summed E-state index contributed by atoms with van der Waals surface area (Å²) < 4.78 is 6.90. The Hall–Kier alpha value is -2.82. The average molecular weight is 463 g/mol. The van der Waals surface area contributed by atoms with Gasteiger partial charge in [0.15, 0.2) is 0 Å². The Balaban J connectivity index is 0.000000398. The van der Waals surface area contributed by atoms with Crippen molar-refractivity contribution in [2.75, 3.05) is 26.7 Å². The number of aromatic nitrogens is 1. The van der Waals surface area contributed by atoms with Gasteiger partial charge in [0.2, 0.25) is 11.8 Å². The van der Waals surface area contributed by atoms with E-state index in [1.54, 1.807) is 11.0 Å². The van der Waals surface area contributed by atoms with E-state index in [0.717, 1.165) is 58.3 Å². The van der Waals surface area contributed by atoms with Gasteiger partial charge < -0.3 is 19.1 Å². The number of aryl methyl sites for hydroxylation is 1. The molecule has 0 aliphatic carbocycles. The third kappa shape index (κ3) is 14.8. The standard InChI is InChI=1S/C7H11N.C6H11NO.C5H9NO.C5H8O2.C2H3N/c1-2-5-8-6-3-4-7-8;1-2-7-5-3-4-6(7)8;1-6-4-2-3-5(6)7;1-4-2-3-5(6)7-4;1-2-3/h3-4,6-7H,2,5H2,1H3;2-5H2,1H3;2-4H2,1H3;4H,2-3H2,1H3;1H3. The number of nitriles is 1. The molecule has 1 aromatic heterocycles. The van der Waals surface area contributed by atoms with E-state index < -0.39 is 0 Å². The Kier molecular flexibility index (Phi) is 17.1. The van der Waals surface area contributed by atoms with E-state index in [1.807, 2.05) is 25.8 Å². The fourth-order valence-corrected chi connectivity index (χ4v) is 3.26. The predicted molar refractivity (Wildman–Crippen MR) is 129 cm³/mol. The van der Waals surface area contributed by atoms with Gasteiger partial charge in [-0.3, -0.25) is 14.4 Å². The summed E-state index contributed by atoms with van der Waals surface area (Å²) in [4.78, 5) is 35.1. The van der Waals surface area contributed by atoms with Crippen LogP contribution in [0.15, 0.2) is 24.5 Å². The van der Waals surface area contributed by atoms with E-state index in [2.05, 4.69) is 36.0 Å². The third-order valence-electron chi connectivity index (χ3n) is 5.10. The number of hydrogen-bond acceptors (Lipinski definition) is 5. The first-order valence-corrected chi connectivity index (χ1v) is 11.9. The summed E-state index contributed by atoms with van der Waals surface area (Å²) in [5, 5.41) is 7.32. The summed E-state index contributed by atoms with van der Waals surface area (Å²) >= 11 is 0. The van der Waals surface area contributed by atoms with Gasteiger partial charge in [-0.2, -0.15) is 5.26 Å². The highest BCUT2D eigenvalue weighted by atomic mass is 16.5. The first-order chi connectivity index (χ1) is 15.8. The smallest absolute Gasteiger partial charge is 0.306 e. The molecule has 0 spiro atoms. The Morgan fingerprint density at radius 3 is 1.85 bits per heavy atom. The van der Waals surface area contributed by atoms with Gasteiger partial charge in [-0.15, -0.1) is 0 Å². The Labute approximate surface area is 199 Å². The SMILES string of the molecule is CC#N.CC1CCC(=O)O1.CCCn1cccc1.CCN1CCCC1=O.CN1CCCC1=O. The summed E-state index contributed by atoms with van der Waals surface area (Å²) in [5.41, 5.74) is 0. The van der Waals surface area contributed by atoms with Crippen LogP contribution in [-0.4, -0.2) is 64.9 Å². The molecule has 33 heavy (non-hydrogen) atoms. The number of esters is 1. The molecule has 0 saturated carbocycles. The number of likely N-dealkylation sites (tertiary alicyclic amines) is 2. The molecule has 8 nitrogen and oxygen atoms in total. The van der Waals surface area contributed by atoms with E-state index in [0.29, 0.717) is 18.2 Å². The number of rotatable bonds is 3. The van der Waals surface area contributed by atoms with Crippen molar-refractivity contribution in [3.8, 4) is 6.07 Å². The highest BCUT2D eigenvalue weighted by Crippen LogP contribution is 2.11. The van der Waals surface area contributed by atoms with Crippen LogP contribution in [0.4, 0.5) is 0 Å². The van der Waals surface area contributed by atoms with Gasteiger partial charge in [-0.05, 0) is 51.7 Å². The lowest BCUT2D eigenvalue weighted by atomic mass is 10.3. The van der Waals surface area contributed by atoms with Crippen LogP contribution >= 0.6 is 0 Å². The van der Waals surface area contributed by atoms with Gasteiger partial charge >= 0.3 is 5.97 Å². The molecule has 2 amide bonds. The van der Waals surface area contributed by atoms with Crippen molar-refractivity contribution in [3.63, 3.8) is 0 Å². The molecule has 3 aliphatic rings. The van der Waals surface area contributed by atoms with Crippen LogP contribution in [0, 0.1) is 11.3 Å². The van der Waals surface area contributed by atoms with Crippen LogP contribution in [0.1, 0.15) is 72.6 Å². The fraction of sp³-hybridized carbons (Fsp3) is 0.680. The quantitative estimate of drug-likeness (QED) is 0.633. The minimum Gasteiger partial charge on any atom is -0.463 e. The van der Waals surface area contributed by atoms with E-state index in [-0.39, 0.29) is 12.1 Å².